The Bertz CT molecular complexity index is 1400. The Morgan fingerprint density at radius 1 is 0.895 bits per heavy atom. The molecule has 0 aliphatic carbocycles. The minimum absolute atomic E-state index is 0.117. The molecule has 38 heavy (non-hydrogen) atoms. The van der Waals surface area contributed by atoms with Crippen LogP contribution < -0.4 is 9.62 Å². The van der Waals surface area contributed by atoms with Crippen molar-refractivity contribution in [2.45, 2.75) is 25.9 Å². The van der Waals surface area contributed by atoms with Crippen molar-refractivity contribution in [1.29, 1.82) is 0 Å². The van der Waals surface area contributed by atoms with Gasteiger partial charge in [0.05, 0.1) is 11.9 Å². The number of nitrogens with one attached hydrogen (secondary N) is 1. The van der Waals surface area contributed by atoms with Crippen molar-refractivity contribution in [1.82, 2.24) is 10.2 Å². The summed E-state index contributed by atoms with van der Waals surface area (Å²) in [6, 6.07) is 18.0. The summed E-state index contributed by atoms with van der Waals surface area (Å²) in [4.78, 5) is 28.4. The van der Waals surface area contributed by atoms with Crippen LogP contribution in [0.15, 0.2) is 66.7 Å². The van der Waals surface area contributed by atoms with Crippen molar-refractivity contribution in [3.05, 3.63) is 98.5 Å². The Balaban J connectivity index is 2.10. The first-order chi connectivity index (χ1) is 17.9. The maximum Gasteiger partial charge on any atom is 0.244 e. The van der Waals surface area contributed by atoms with Crippen molar-refractivity contribution in [3.8, 4) is 0 Å². The van der Waals surface area contributed by atoms with Crippen molar-refractivity contribution in [2.75, 3.05) is 24.2 Å². The molecule has 1 unspecified atom stereocenters. The molecule has 0 spiro atoms. The lowest BCUT2D eigenvalue weighted by Gasteiger charge is -2.34. The van der Waals surface area contributed by atoms with Gasteiger partial charge in [0, 0.05) is 40.6 Å². The van der Waals surface area contributed by atoms with Gasteiger partial charge in [-0.05, 0) is 42.3 Å². The first kappa shape index (κ1) is 29.8. The Labute approximate surface area is 238 Å². The molecule has 11 heteroatoms. The second-order valence-electron chi connectivity index (χ2n) is 8.70. The highest BCUT2D eigenvalue weighted by molar-refractivity contribution is 7.92. The Kier molecular flexibility index (Phi) is 10.1. The van der Waals surface area contributed by atoms with Gasteiger partial charge in [-0.25, -0.2) is 8.42 Å². The number of amides is 2. The fraction of sp³-hybridized carbons (Fsp3) is 0.259. The summed E-state index contributed by atoms with van der Waals surface area (Å²) in [5.74, 6) is -1.04. The van der Waals surface area contributed by atoms with Crippen molar-refractivity contribution in [2.24, 2.45) is 0 Å². The van der Waals surface area contributed by atoms with Gasteiger partial charge in [-0.3, -0.25) is 13.9 Å². The van der Waals surface area contributed by atoms with E-state index in [-0.39, 0.29) is 18.7 Å². The van der Waals surface area contributed by atoms with Crippen LogP contribution in [0.1, 0.15) is 16.7 Å². The van der Waals surface area contributed by atoms with Crippen LogP contribution in [0.4, 0.5) is 5.69 Å². The van der Waals surface area contributed by atoms with E-state index in [4.69, 9.17) is 34.8 Å². The van der Waals surface area contributed by atoms with E-state index in [0.29, 0.717) is 26.2 Å². The quantitative estimate of drug-likeness (QED) is 0.353. The molecule has 3 aromatic rings. The minimum atomic E-state index is -3.91. The van der Waals surface area contributed by atoms with Crippen molar-refractivity contribution in [3.63, 3.8) is 0 Å². The Morgan fingerprint density at radius 2 is 1.47 bits per heavy atom. The summed E-state index contributed by atoms with van der Waals surface area (Å²) >= 11 is 19.1. The predicted molar refractivity (Wildman–Crippen MR) is 153 cm³/mol. The highest BCUT2D eigenvalue weighted by atomic mass is 35.5. The zero-order valence-corrected chi connectivity index (χ0v) is 24.2. The van der Waals surface area contributed by atoms with Crippen LogP contribution in [0, 0.1) is 6.92 Å². The number of anilines is 1. The molecule has 202 valence electrons. The number of hydrogen-bond donors (Lipinski definition) is 1. The third-order valence-electron chi connectivity index (χ3n) is 6.09. The molecule has 0 radical (unpaired) electrons. The minimum Gasteiger partial charge on any atom is -0.357 e. The van der Waals surface area contributed by atoms with E-state index in [1.165, 1.54) is 11.9 Å². The maximum absolute atomic E-state index is 14.0. The number of carbonyl (C=O) groups excluding carboxylic acids is 2. The van der Waals surface area contributed by atoms with Gasteiger partial charge in [-0.15, -0.1) is 0 Å². The highest BCUT2D eigenvalue weighted by Gasteiger charge is 2.33. The fourth-order valence-corrected chi connectivity index (χ4v) is 5.62. The molecule has 0 aliphatic rings. The number of nitrogens with zero attached hydrogens (tertiary/aromatic N) is 2. The first-order valence-electron chi connectivity index (χ1n) is 11.6. The van der Waals surface area contributed by atoms with Gasteiger partial charge in [-0.2, -0.15) is 0 Å². The molecule has 0 aromatic heterocycles. The van der Waals surface area contributed by atoms with Gasteiger partial charge in [0.15, 0.2) is 0 Å². The lowest BCUT2D eigenvalue weighted by molar-refractivity contribution is -0.139. The van der Waals surface area contributed by atoms with Crippen molar-refractivity contribution < 1.29 is 18.0 Å². The summed E-state index contributed by atoms with van der Waals surface area (Å²) in [6.07, 6.45) is 1.19. The summed E-state index contributed by atoms with van der Waals surface area (Å²) in [6.45, 7) is 0.989. The highest BCUT2D eigenvalue weighted by Crippen LogP contribution is 2.30. The normalized spacial score (nSPS) is 12.1. The van der Waals surface area contributed by atoms with E-state index >= 15 is 0 Å². The molecule has 0 fully saturated rings. The van der Waals surface area contributed by atoms with Crippen LogP contribution in [0.5, 0.6) is 0 Å². The third kappa shape index (κ3) is 7.20. The standard InChI is InChI=1S/C27H28Cl3N3O4S/c1-18-21(28)11-8-14-24(18)33(38(3,36)37)17-26(34)32(16-20-22(29)12-7-13-23(20)30)25(27(35)31-2)15-19-9-5-4-6-10-19/h4-14,25H,15-17H2,1-3H3,(H,31,35). The van der Waals surface area contributed by atoms with Crippen molar-refractivity contribution >= 4 is 62.3 Å². The molecule has 0 heterocycles. The second-order valence-corrected chi connectivity index (χ2v) is 11.8. The van der Waals surface area contributed by atoms with E-state index in [9.17, 15) is 18.0 Å². The smallest absolute Gasteiger partial charge is 0.244 e. The number of sulfonamides is 1. The van der Waals surface area contributed by atoms with Gasteiger partial charge in [0.2, 0.25) is 21.8 Å². The van der Waals surface area contributed by atoms with E-state index in [1.807, 2.05) is 30.3 Å². The van der Waals surface area contributed by atoms with Gasteiger partial charge < -0.3 is 10.2 Å². The van der Waals surface area contributed by atoms with E-state index in [1.54, 1.807) is 43.3 Å². The number of likely N-dealkylation sites (N-methyl/N-ethyl adjacent to an activating group) is 1. The summed E-state index contributed by atoms with van der Waals surface area (Å²) < 4.78 is 26.7. The number of hydrogen-bond acceptors (Lipinski definition) is 4. The summed E-state index contributed by atoms with van der Waals surface area (Å²) in [5.41, 5.74) is 2.02. The lowest BCUT2D eigenvalue weighted by atomic mass is 10.0. The largest absolute Gasteiger partial charge is 0.357 e. The molecular formula is C27H28Cl3N3O4S. The molecule has 0 saturated heterocycles. The molecule has 2 amide bonds. The van der Waals surface area contributed by atoms with Gasteiger partial charge >= 0.3 is 0 Å². The summed E-state index contributed by atoms with van der Waals surface area (Å²) in [5, 5.41) is 3.61. The first-order valence-corrected chi connectivity index (χ1v) is 14.6. The van der Waals surface area contributed by atoms with Crippen LogP contribution in [0.3, 0.4) is 0 Å². The maximum atomic E-state index is 14.0. The lowest BCUT2D eigenvalue weighted by Crippen LogP contribution is -2.53. The monoisotopic (exact) mass is 595 g/mol. The van der Waals surface area contributed by atoms with E-state index in [2.05, 4.69) is 5.32 Å². The van der Waals surface area contributed by atoms with Crippen LogP contribution in [0.25, 0.3) is 0 Å². The SMILES string of the molecule is CNC(=O)C(Cc1ccccc1)N(Cc1c(Cl)cccc1Cl)C(=O)CN(c1cccc(Cl)c1C)S(C)(=O)=O. The zero-order chi connectivity index (χ0) is 28.0. The Hall–Kier alpha value is -2.78. The Morgan fingerprint density at radius 3 is 2.05 bits per heavy atom. The molecule has 3 aromatic carbocycles. The average molecular weight is 597 g/mol. The number of rotatable bonds is 10. The molecule has 1 atom stereocenters. The number of benzene rings is 3. The zero-order valence-electron chi connectivity index (χ0n) is 21.1. The molecule has 0 aliphatic heterocycles. The van der Waals surface area contributed by atoms with Gasteiger partial charge in [-0.1, -0.05) is 77.3 Å². The van der Waals surface area contributed by atoms with Gasteiger partial charge in [0.1, 0.15) is 12.6 Å². The van der Waals surface area contributed by atoms with Gasteiger partial charge in [0.25, 0.3) is 0 Å². The molecule has 3 rings (SSSR count). The average Bonchev–Trinajstić information content (AvgIpc) is 2.87. The molecule has 1 N–H and O–H groups in total. The van der Waals surface area contributed by atoms with Crippen LogP contribution in [-0.2, 0) is 32.6 Å². The van der Waals surface area contributed by atoms with E-state index in [0.717, 1.165) is 16.1 Å². The summed E-state index contributed by atoms with van der Waals surface area (Å²) in [7, 11) is -2.44. The van der Waals surface area contributed by atoms with E-state index < -0.39 is 34.4 Å². The van der Waals surface area contributed by atoms with Crippen LogP contribution in [0.2, 0.25) is 15.1 Å². The molecule has 0 bridgehead atoms. The van der Waals surface area contributed by atoms with Crippen LogP contribution >= 0.6 is 34.8 Å². The number of carbonyl (C=O) groups is 2. The predicted octanol–water partition coefficient (Wildman–Crippen LogP) is 5.11. The third-order valence-corrected chi connectivity index (χ3v) is 8.34. The van der Waals surface area contributed by atoms with Crippen LogP contribution in [-0.4, -0.2) is 51.0 Å². The molecule has 7 nitrogen and oxygen atoms in total. The number of halogens is 3. The molecular weight excluding hydrogens is 569 g/mol. The fourth-order valence-electron chi connectivity index (χ4n) is 4.04. The second kappa shape index (κ2) is 12.8. The molecule has 0 saturated carbocycles. The topological polar surface area (TPSA) is 86.8 Å².